The first-order valence-corrected chi connectivity index (χ1v) is 9.14. The zero-order valence-electron chi connectivity index (χ0n) is 16.4. The van der Waals surface area contributed by atoms with E-state index in [1.807, 2.05) is 40.1 Å². The van der Waals surface area contributed by atoms with E-state index >= 15 is 0 Å². The van der Waals surface area contributed by atoms with E-state index in [2.05, 4.69) is 10.6 Å². The molecule has 0 aliphatic heterocycles. The van der Waals surface area contributed by atoms with Gasteiger partial charge in [0.15, 0.2) is 0 Å². The third-order valence-electron chi connectivity index (χ3n) is 4.45. The molecule has 1 aliphatic rings. The number of nitrogens with zero attached hydrogens (tertiary/aromatic N) is 1. The van der Waals surface area contributed by atoms with Gasteiger partial charge in [-0.25, -0.2) is 9.59 Å². The highest BCUT2D eigenvalue weighted by Crippen LogP contribution is 2.20. The van der Waals surface area contributed by atoms with E-state index in [-0.39, 0.29) is 18.1 Å². The molecule has 0 saturated heterocycles. The monoisotopic (exact) mass is 365 g/mol. The number of aromatic nitrogens is 1. The van der Waals surface area contributed by atoms with Crippen LogP contribution in [0.1, 0.15) is 62.5 Å². The van der Waals surface area contributed by atoms with Gasteiger partial charge in [0.1, 0.15) is 11.3 Å². The van der Waals surface area contributed by atoms with Gasteiger partial charge in [0.2, 0.25) is 0 Å². The largest absolute Gasteiger partial charge is 0.464 e. The van der Waals surface area contributed by atoms with Crippen LogP contribution in [0.15, 0.2) is 12.3 Å². The maximum atomic E-state index is 11.9. The zero-order chi connectivity index (χ0) is 19.3. The lowest BCUT2D eigenvalue weighted by Crippen LogP contribution is -2.45. The summed E-state index contributed by atoms with van der Waals surface area (Å²) in [5.41, 5.74) is 1.09. The van der Waals surface area contributed by atoms with E-state index < -0.39 is 5.60 Å². The van der Waals surface area contributed by atoms with Gasteiger partial charge in [-0.1, -0.05) is 0 Å². The number of alkyl carbamates (subject to hydrolysis) is 1. The quantitative estimate of drug-likeness (QED) is 0.784. The van der Waals surface area contributed by atoms with E-state index in [0.29, 0.717) is 18.3 Å². The SMILES string of the molecule is COC(=O)c1cc(CN[C@@H]2CCC[C@H](NC(=O)OC(C)(C)C)C2)cn1C. The van der Waals surface area contributed by atoms with Crippen molar-refractivity contribution in [1.82, 2.24) is 15.2 Å². The summed E-state index contributed by atoms with van der Waals surface area (Å²) in [7, 11) is 3.21. The predicted octanol–water partition coefficient (Wildman–Crippen LogP) is 2.74. The van der Waals surface area contributed by atoms with Crippen LogP contribution in [0.25, 0.3) is 0 Å². The Morgan fingerprint density at radius 3 is 2.62 bits per heavy atom. The summed E-state index contributed by atoms with van der Waals surface area (Å²) in [4.78, 5) is 23.6. The highest BCUT2D eigenvalue weighted by atomic mass is 16.6. The van der Waals surface area contributed by atoms with E-state index in [0.717, 1.165) is 31.2 Å². The number of hydrogen-bond donors (Lipinski definition) is 2. The molecule has 1 aromatic rings. The minimum absolute atomic E-state index is 0.123. The average molecular weight is 365 g/mol. The molecule has 1 amide bonds. The Hall–Kier alpha value is -2.02. The van der Waals surface area contributed by atoms with Crippen LogP contribution in [0, 0.1) is 0 Å². The minimum atomic E-state index is -0.485. The highest BCUT2D eigenvalue weighted by molar-refractivity contribution is 5.87. The number of methoxy groups -OCH3 is 1. The number of amides is 1. The van der Waals surface area contributed by atoms with Gasteiger partial charge in [-0.3, -0.25) is 0 Å². The number of carbonyl (C=O) groups is 2. The molecule has 2 rings (SSSR count). The van der Waals surface area contributed by atoms with Crippen molar-refractivity contribution in [1.29, 1.82) is 0 Å². The Bertz CT molecular complexity index is 633. The fraction of sp³-hybridized carbons (Fsp3) is 0.684. The molecule has 0 bridgehead atoms. The summed E-state index contributed by atoms with van der Waals surface area (Å²) < 4.78 is 11.9. The molecule has 7 nitrogen and oxygen atoms in total. The fourth-order valence-electron chi connectivity index (χ4n) is 3.28. The number of carbonyl (C=O) groups excluding carboxylic acids is 2. The normalized spacial score (nSPS) is 20.5. The molecule has 26 heavy (non-hydrogen) atoms. The molecule has 0 radical (unpaired) electrons. The summed E-state index contributed by atoms with van der Waals surface area (Å²) in [6.45, 7) is 6.26. The van der Waals surface area contributed by atoms with Crippen molar-refractivity contribution in [2.24, 2.45) is 7.05 Å². The van der Waals surface area contributed by atoms with Crippen molar-refractivity contribution in [2.45, 2.75) is 70.7 Å². The van der Waals surface area contributed by atoms with Crippen molar-refractivity contribution in [3.05, 3.63) is 23.5 Å². The maximum Gasteiger partial charge on any atom is 0.407 e. The molecule has 7 heteroatoms. The summed E-state index contributed by atoms with van der Waals surface area (Å²) >= 11 is 0. The molecule has 1 aliphatic carbocycles. The molecular formula is C19H31N3O4. The van der Waals surface area contributed by atoms with Crippen LogP contribution in [0.5, 0.6) is 0 Å². The number of esters is 1. The highest BCUT2D eigenvalue weighted by Gasteiger charge is 2.25. The first-order chi connectivity index (χ1) is 12.2. The standard InChI is InChI=1S/C19H31N3O4/c1-19(2,3)26-18(24)21-15-8-6-7-14(10-15)20-11-13-9-16(17(23)25-5)22(4)12-13/h9,12,14-15,20H,6-8,10-11H2,1-5H3,(H,21,24)/t14-,15+/m1/s1. The van der Waals surface area contributed by atoms with Crippen LogP contribution < -0.4 is 10.6 Å². The zero-order valence-corrected chi connectivity index (χ0v) is 16.4. The van der Waals surface area contributed by atoms with E-state index in [1.54, 1.807) is 4.57 Å². The van der Waals surface area contributed by atoms with Crippen LogP contribution in [0.2, 0.25) is 0 Å². The topological polar surface area (TPSA) is 81.6 Å². The number of rotatable bonds is 5. The molecule has 2 atom stereocenters. The summed E-state index contributed by atoms with van der Waals surface area (Å²) in [6, 6.07) is 2.29. The summed E-state index contributed by atoms with van der Waals surface area (Å²) in [5.74, 6) is -0.335. The van der Waals surface area contributed by atoms with Crippen LogP contribution >= 0.6 is 0 Å². The van der Waals surface area contributed by atoms with E-state index in [1.165, 1.54) is 7.11 Å². The number of nitrogens with one attached hydrogen (secondary N) is 2. The summed E-state index contributed by atoms with van der Waals surface area (Å²) in [5, 5.41) is 6.50. The second-order valence-electron chi connectivity index (χ2n) is 7.92. The average Bonchev–Trinajstić information content (AvgIpc) is 2.91. The first kappa shape index (κ1) is 20.3. The van der Waals surface area contributed by atoms with Crippen molar-refractivity contribution in [2.75, 3.05) is 7.11 Å². The number of aryl methyl sites for hydroxylation is 1. The lowest BCUT2D eigenvalue weighted by atomic mass is 9.91. The van der Waals surface area contributed by atoms with Gasteiger partial charge in [-0.05, 0) is 58.1 Å². The van der Waals surface area contributed by atoms with Gasteiger partial charge in [0.25, 0.3) is 0 Å². The predicted molar refractivity (Wildman–Crippen MR) is 99.0 cm³/mol. The molecule has 1 heterocycles. The number of hydrogen-bond acceptors (Lipinski definition) is 5. The van der Waals surface area contributed by atoms with E-state index in [4.69, 9.17) is 9.47 Å². The van der Waals surface area contributed by atoms with Crippen molar-refractivity contribution in [3.63, 3.8) is 0 Å². The van der Waals surface area contributed by atoms with Gasteiger partial charge in [-0.15, -0.1) is 0 Å². The maximum absolute atomic E-state index is 11.9. The molecule has 1 fully saturated rings. The van der Waals surface area contributed by atoms with Gasteiger partial charge in [0, 0.05) is 31.9 Å². The molecule has 146 valence electrons. The Kier molecular flexibility index (Phi) is 6.69. The molecular weight excluding hydrogens is 334 g/mol. The van der Waals surface area contributed by atoms with Crippen molar-refractivity contribution >= 4 is 12.1 Å². The molecule has 0 unspecified atom stereocenters. The van der Waals surface area contributed by atoms with Crippen molar-refractivity contribution < 1.29 is 19.1 Å². The van der Waals surface area contributed by atoms with Crippen LogP contribution in [0.4, 0.5) is 4.79 Å². The molecule has 0 aromatic carbocycles. The first-order valence-electron chi connectivity index (χ1n) is 9.14. The second kappa shape index (κ2) is 8.58. The Morgan fingerprint density at radius 2 is 1.96 bits per heavy atom. The summed E-state index contributed by atoms with van der Waals surface area (Å²) in [6.07, 6.45) is 5.54. The molecule has 1 saturated carbocycles. The van der Waals surface area contributed by atoms with Gasteiger partial charge in [-0.2, -0.15) is 0 Å². The Balaban J connectivity index is 1.83. The minimum Gasteiger partial charge on any atom is -0.464 e. The molecule has 1 aromatic heterocycles. The molecule has 2 N–H and O–H groups in total. The Labute approximate surface area is 155 Å². The smallest absolute Gasteiger partial charge is 0.407 e. The van der Waals surface area contributed by atoms with Gasteiger partial charge >= 0.3 is 12.1 Å². The van der Waals surface area contributed by atoms with Gasteiger partial charge < -0.3 is 24.7 Å². The second-order valence-corrected chi connectivity index (χ2v) is 7.92. The third kappa shape index (κ3) is 6.05. The third-order valence-corrected chi connectivity index (χ3v) is 4.45. The van der Waals surface area contributed by atoms with Crippen LogP contribution in [0.3, 0.4) is 0 Å². The van der Waals surface area contributed by atoms with Gasteiger partial charge in [0.05, 0.1) is 7.11 Å². The van der Waals surface area contributed by atoms with Crippen LogP contribution in [-0.4, -0.2) is 41.4 Å². The molecule has 0 spiro atoms. The lowest BCUT2D eigenvalue weighted by molar-refractivity contribution is 0.0487. The lowest BCUT2D eigenvalue weighted by Gasteiger charge is -2.31. The van der Waals surface area contributed by atoms with Crippen LogP contribution in [-0.2, 0) is 23.1 Å². The fourth-order valence-corrected chi connectivity index (χ4v) is 3.28. The van der Waals surface area contributed by atoms with E-state index in [9.17, 15) is 9.59 Å². The number of ether oxygens (including phenoxy) is 2. The Morgan fingerprint density at radius 1 is 1.27 bits per heavy atom. The van der Waals surface area contributed by atoms with Crippen molar-refractivity contribution in [3.8, 4) is 0 Å².